The van der Waals surface area contributed by atoms with Crippen LogP contribution in [0.2, 0.25) is 5.02 Å². The van der Waals surface area contributed by atoms with E-state index in [1.165, 1.54) is 17.0 Å². The zero-order chi connectivity index (χ0) is 29.4. The van der Waals surface area contributed by atoms with Crippen molar-refractivity contribution in [2.75, 3.05) is 13.1 Å². The Labute approximate surface area is 246 Å². The second-order valence-corrected chi connectivity index (χ2v) is 12.2. The number of nitrogens with zero attached hydrogens (tertiary/aromatic N) is 2. The van der Waals surface area contributed by atoms with Crippen molar-refractivity contribution in [3.05, 3.63) is 101 Å². The van der Waals surface area contributed by atoms with Gasteiger partial charge in [0.15, 0.2) is 0 Å². The van der Waals surface area contributed by atoms with Crippen molar-refractivity contribution in [2.45, 2.75) is 56.5 Å². The Morgan fingerprint density at radius 1 is 0.951 bits per heavy atom. The first kappa shape index (κ1) is 30.3. The van der Waals surface area contributed by atoms with Crippen LogP contribution in [0.3, 0.4) is 0 Å². The summed E-state index contributed by atoms with van der Waals surface area (Å²) in [5, 5.41) is 3.44. The molecule has 1 N–H and O–H groups in total. The molecule has 1 aliphatic heterocycles. The van der Waals surface area contributed by atoms with E-state index >= 15 is 0 Å². The minimum absolute atomic E-state index is 0.0247. The summed E-state index contributed by atoms with van der Waals surface area (Å²) >= 11 is 6.45. The van der Waals surface area contributed by atoms with Crippen molar-refractivity contribution < 1.29 is 22.8 Å². The normalized spacial score (nSPS) is 14.4. The molecule has 1 atom stereocenters. The van der Waals surface area contributed by atoms with Gasteiger partial charge < -0.3 is 10.2 Å². The summed E-state index contributed by atoms with van der Waals surface area (Å²) < 4.78 is 26.7. The number of benzene rings is 3. The highest BCUT2D eigenvalue weighted by Crippen LogP contribution is 2.30. The number of carbonyl (C=O) groups excluding carboxylic acids is 3. The van der Waals surface area contributed by atoms with E-state index in [9.17, 15) is 22.8 Å². The SMILES string of the molecule is CCCCNC(=O)[C@H](Cc1ccccc1)N(Cc1ccccc1Cl)C(=O)CCCN1C(=O)c2ccccc2S1(=O)=O. The molecule has 0 aromatic heterocycles. The minimum Gasteiger partial charge on any atom is -0.354 e. The third-order valence-electron chi connectivity index (χ3n) is 7.06. The molecule has 1 aliphatic rings. The number of amides is 3. The smallest absolute Gasteiger partial charge is 0.269 e. The standard InChI is InChI=1S/C31H34ClN3O5S/c1-2-3-19-33-30(37)27(21-23-12-5-4-6-13-23)34(22-24-14-7-9-16-26(24)32)29(36)18-11-20-35-31(38)25-15-8-10-17-28(25)41(35,39)40/h4-10,12-17,27H,2-3,11,18-22H2,1H3,(H,33,37)/t27-/m0/s1. The van der Waals surface area contributed by atoms with Crippen molar-refractivity contribution in [1.29, 1.82) is 0 Å². The number of rotatable bonds is 13. The fraction of sp³-hybridized carbons (Fsp3) is 0.323. The van der Waals surface area contributed by atoms with Gasteiger partial charge in [0.25, 0.3) is 15.9 Å². The van der Waals surface area contributed by atoms with Crippen LogP contribution in [0.25, 0.3) is 0 Å². The summed E-state index contributed by atoms with van der Waals surface area (Å²) in [6.07, 6.45) is 2.06. The molecular formula is C31H34ClN3O5S. The lowest BCUT2D eigenvalue weighted by atomic mass is 10.0. The fourth-order valence-corrected chi connectivity index (χ4v) is 6.64. The molecule has 1 heterocycles. The van der Waals surface area contributed by atoms with Gasteiger partial charge in [-0.05, 0) is 42.2 Å². The Morgan fingerprint density at radius 3 is 2.34 bits per heavy atom. The summed E-state index contributed by atoms with van der Waals surface area (Å²) in [5.74, 6) is -1.20. The maximum absolute atomic E-state index is 13.8. The molecule has 3 aromatic rings. The van der Waals surface area contributed by atoms with E-state index in [4.69, 9.17) is 11.6 Å². The van der Waals surface area contributed by atoms with Gasteiger partial charge in [-0.1, -0.05) is 85.6 Å². The maximum Gasteiger partial charge on any atom is 0.269 e. The van der Waals surface area contributed by atoms with Gasteiger partial charge in [-0.25, -0.2) is 12.7 Å². The van der Waals surface area contributed by atoms with E-state index in [2.05, 4.69) is 5.32 Å². The molecule has 0 spiro atoms. The van der Waals surface area contributed by atoms with E-state index in [0.29, 0.717) is 23.6 Å². The minimum atomic E-state index is -3.97. The average Bonchev–Trinajstić information content (AvgIpc) is 3.16. The molecule has 0 bridgehead atoms. The third-order valence-corrected chi connectivity index (χ3v) is 9.27. The summed E-state index contributed by atoms with van der Waals surface area (Å²) in [7, 11) is -3.97. The molecule has 3 aromatic carbocycles. The van der Waals surface area contributed by atoms with E-state index < -0.39 is 22.0 Å². The molecule has 0 unspecified atom stereocenters. The quantitative estimate of drug-likeness (QED) is 0.285. The van der Waals surface area contributed by atoms with Crippen LogP contribution in [0.5, 0.6) is 0 Å². The molecule has 216 valence electrons. The highest BCUT2D eigenvalue weighted by molar-refractivity contribution is 7.90. The topological polar surface area (TPSA) is 104 Å². The van der Waals surface area contributed by atoms with E-state index in [-0.39, 0.29) is 48.2 Å². The van der Waals surface area contributed by atoms with Crippen molar-refractivity contribution in [3.63, 3.8) is 0 Å². The van der Waals surface area contributed by atoms with Crippen LogP contribution in [-0.2, 0) is 32.6 Å². The van der Waals surface area contributed by atoms with Crippen molar-refractivity contribution in [2.24, 2.45) is 0 Å². The lowest BCUT2D eigenvalue weighted by Crippen LogP contribution is -2.50. The van der Waals surface area contributed by atoms with Gasteiger partial charge in [0.2, 0.25) is 11.8 Å². The first-order valence-electron chi connectivity index (χ1n) is 13.7. The highest BCUT2D eigenvalue weighted by atomic mass is 35.5. The number of fused-ring (bicyclic) bond motifs is 1. The van der Waals surface area contributed by atoms with E-state index in [1.54, 1.807) is 24.3 Å². The van der Waals surface area contributed by atoms with Crippen LogP contribution < -0.4 is 5.32 Å². The Bertz CT molecular complexity index is 1500. The molecule has 3 amide bonds. The predicted octanol–water partition coefficient (Wildman–Crippen LogP) is 4.82. The Kier molecular flexibility index (Phi) is 10.2. The Morgan fingerprint density at radius 2 is 1.63 bits per heavy atom. The average molecular weight is 596 g/mol. The number of carbonyl (C=O) groups is 3. The number of hydrogen-bond donors (Lipinski definition) is 1. The van der Waals surface area contributed by atoms with Crippen LogP contribution in [0, 0.1) is 0 Å². The molecule has 0 saturated carbocycles. The zero-order valence-electron chi connectivity index (χ0n) is 23.0. The zero-order valence-corrected chi connectivity index (χ0v) is 24.5. The molecule has 0 aliphatic carbocycles. The van der Waals surface area contributed by atoms with Gasteiger partial charge in [-0.15, -0.1) is 0 Å². The molecule has 10 heteroatoms. The second-order valence-electron chi connectivity index (χ2n) is 9.95. The van der Waals surface area contributed by atoms with Crippen LogP contribution in [-0.4, -0.2) is 54.5 Å². The number of hydrogen-bond acceptors (Lipinski definition) is 5. The van der Waals surface area contributed by atoms with Crippen LogP contribution >= 0.6 is 11.6 Å². The summed E-state index contributed by atoms with van der Waals surface area (Å²) in [4.78, 5) is 41.6. The van der Waals surface area contributed by atoms with Crippen molar-refractivity contribution in [3.8, 4) is 0 Å². The largest absolute Gasteiger partial charge is 0.354 e. The molecule has 0 fully saturated rings. The molecule has 8 nitrogen and oxygen atoms in total. The van der Waals surface area contributed by atoms with E-state index in [0.717, 1.165) is 22.7 Å². The number of halogens is 1. The summed E-state index contributed by atoms with van der Waals surface area (Å²) in [6.45, 7) is 2.48. The first-order chi connectivity index (χ1) is 19.7. The van der Waals surface area contributed by atoms with E-state index in [1.807, 2.05) is 49.4 Å². The van der Waals surface area contributed by atoms with Gasteiger partial charge in [-0.2, -0.15) is 0 Å². The van der Waals surface area contributed by atoms with Crippen LogP contribution in [0.4, 0.5) is 0 Å². The molecule has 41 heavy (non-hydrogen) atoms. The fourth-order valence-electron chi connectivity index (χ4n) is 4.84. The van der Waals surface area contributed by atoms with Crippen LogP contribution in [0.15, 0.2) is 83.8 Å². The Hall–Kier alpha value is -3.69. The van der Waals surface area contributed by atoms with Gasteiger partial charge >= 0.3 is 0 Å². The van der Waals surface area contributed by atoms with Crippen molar-refractivity contribution >= 4 is 39.3 Å². The lowest BCUT2D eigenvalue weighted by molar-refractivity contribution is -0.141. The molecule has 0 saturated heterocycles. The number of sulfonamides is 1. The van der Waals surface area contributed by atoms with Crippen molar-refractivity contribution in [1.82, 2.24) is 14.5 Å². The van der Waals surface area contributed by atoms with Gasteiger partial charge in [0, 0.05) is 37.5 Å². The predicted molar refractivity (Wildman–Crippen MR) is 158 cm³/mol. The molecule has 4 rings (SSSR count). The highest BCUT2D eigenvalue weighted by Gasteiger charge is 2.40. The summed E-state index contributed by atoms with van der Waals surface area (Å²) in [6, 6.07) is 21.9. The number of nitrogens with one attached hydrogen (secondary N) is 1. The third kappa shape index (κ3) is 7.15. The Balaban J connectivity index is 1.56. The monoisotopic (exact) mass is 595 g/mol. The maximum atomic E-state index is 13.8. The van der Waals surface area contributed by atoms with Gasteiger partial charge in [0.05, 0.1) is 5.56 Å². The number of unbranched alkanes of at least 4 members (excludes halogenated alkanes) is 1. The molecular weight excluding hydrogens is 562 g/mol. The first-order valence-corrected chi connectivity index (χ1v) is 15.6. The van der Waals surface area contributed by atoms with Gasteiger partial charge in [0.1, 0.15) is 10.9 Å². The summed E-state index contributed by atoms with van der Waals surface area (Å²) in [5.41, 5.74) is 1.71. The molecule has 0 radical (unpaired) electrons. The lowest BCUT2D eigenvalue weighted by Gasteiger charge is -2.32. The van der Waals surface area contributed by atoms with Gasteiger partial charge in [-0.3, -0.25) is 14.4 Å². The second kappa shape index (κ2) is 13.8. The van der Waals surface area contributed by atoms with Crippen LogP contribution in [0.1, 0.15) is 54.1 Å².